The number of pyridine rings is 1. The number of aromatic nitrogens is 1. The van der Waals surface area contributed by atoms with Gasteiger partial charge in [-0.05, 0) is 24.0 Å². The van der Waals surface area contributed by atoms with E-state index in [2.05, 4.69) is 30.3 Å². The van der Waals surface area contributed by atoms with Gasteiger partial charge in [0.15, 0.2) is 0 Å². The molecule has 0 radical (unpaired) electrons. The van der Waals surface area contributed by atoms with Gasteiger partial charge in [-0.2, -0.15) is 0 Å². The summed E-state index contributed by atoms with van der Waals surface area (Å²) in [5.41, 5.74) is 4.10. The Labute approximate surface area is 105 Å². The van der Waals surface area contributed by atoms with E-state index in [-0.39, 0.29) is 6.04 Å². The van der Waals surface area contributed by atoms with E-state index in [1.807, 2.05) is 12.3 Å². The third kappa shape index (κ3) is 4.84. The molecule has 1 aromatic rings. The molecule has 96 valence electrons. The Balaban J connectivity index is 2.56. The Morgan fingerprint density at radius 3 is 2.76 bits per heavy atom. The highest BCUT2D eigenvalue weighted by Crippen LogP contribution is 2.25. The zero-order chi connectivity index (χ0) is 12.5. The quantitative estimate of drug-likeness (QED) is 0.537. The first-order chi connectivity index (χ1) is 8.31. The molecule has 17 heavy (non-hydrogen) atoms. The number of nitrogens with zero attached hydrogens (tertiary/aromatic N) is 1. The first-order valence-electron chi connectivity index (χ1n) is 6.67. The predicted molar refractivity (Wildman–Crippen MR) is 72.2 cm³/mol. The Morgan fingerprint density at radius 2 is 2.24 bits per heavy atom. The van der Waals surface area contributed by atoms with Crippen LogP contribution in [0.25, 0.3) is 0 Å². The van der Waals surface area contributed by atoms with Crippen LogP contribution >= 0.6 is 0 Å². The molecule has 1 aromatic heterocycles. The van der Waals surface area contributed by atoms with Gasteiger partial charge < -0.3 is 0 Å². The highest BCUT2D eigenvalue weighted by molar-refractivity contribution is 5.13. The van der Waals surface area contributed by atoms with E-state index < -0.39 is 0 Å². The van der Waals surface area contributed by atoms with E-state index in [1.165, 1.54) is 31.2 Å². The van der Waals surface area contributed by atoms with Gasteiger partial charge in [0.1, 0.15) is 0 Å². The van der Waals surface area contributed by atoms with Gasteiger partial charge in [0, 0.05) is 18.4 Å². The van der Waals surface area contributed by atoms with Gasteiger partial charge in [-0.15, -0.1) is 0 Å². The van der Waals surface area contributed by atoms with Gasteiger partial charge in [0.05, 0.1) is 0 Å². The summed E-state index contributed by atoms with van der Waals surface area (Å²) >= 11 is 0. The second kappa shape index (κ2) is 8.20. The lowest BCUT2D eigenvalue weighted by Crippen LogP contribution is -2.29. The summed E-state index contributed by atoms with van der Waals surface area (Å²) in [4.78, 5) is 4.15. The fourth-order valence-electron chi connectivity index (χ4n) is 2.20. The minimum absolute atomic E-state index is 0.227. The van der Waals surface area contributed by atoms with Crippen molar-refractivity contribution in [3.05, 3.63) is 30.1 Å². The number of nitrogens with two attached hydrogens (primary N) is 1. The standard InChI is InChI=1S/C14H25N3/c1-3-5-7-12(4-2)10-14(17-15)13-8-6-9-16-11-13/h6,8-9,11-12,14,17H,3-5,7,10,15H2,1-2H3. The normalized spacial score (nSPS) is 14.5. The summed E-state index contributed by atoms with van der Waals surface area (Å²) in [6.07, 6.45) is 9.89. The summed E-state index contributed by atoms with van der Waals surface area (Å²) in [6, 6.07) is 4.28. The molecule has 3 heteroatoms. The summed E-state index contributed by atoms with van der Waals surface area (Å²) in [5.74, 6) is 6.41. The Morgan fingerprint density at radius 1 is 1.41 bits per heavy atom. The van der Waals surface area contributed by atoms with Crippen molar-refractivity contribution >= 4 is 0 Å². The first-order valence-corrected chi connectivity index (χ1v) is 6.67. The van der Waals surface area contributed by atoms with Crippen molar-refractivity contribution in [1.82, 2.24) is 10.4 Å². The molecule has 0 amide bonds. The van der Waals surface area contributed by atoms with E-state index >= 15 is 0 Å². The average Bonchev–Trinajstić information content (AvgIpc) is 2.40. The van der Waals surface area contributed by atoms with Crippen molar-refractivity contribution in [2.75, 3.05) is 0 Å². The molecular weight excluding hydrogens is 210 g/mol. The molecule has 0 aliphatic rings. The molecule has 3 nitrogen and oxygen atoms in total. The third-order valence-corrected chi connectivity index (χ3v) is 3.40. The summed E-state index contributed by atoms with van der Waals surface area (Å²) in [7, 11) is 0. The van der Waals surface area contributed by atoms with Crippen LogP contribution in [-0.2, 0) is 0 Å². The van der Waals surface area contributed by atoms with E-state index in [9.17, 15) is 0 Å². The SMILES string of the molecule is CCCCC(CC)CC(NN)c1cccnc1. The smallest absolute Gasteiger partial charge is 0.0477 e. The molecule has 0 fully saturated rings. The van der Waals surface area contributed by atoms with Crippen molar-refractivity contribution < 1.29 is 0 Å². The van der Waals surface area contributed by atoms with Crippen LogP contribution in [0.1, 0.15) is 57.6 Å². The van der Waals surface area contributed by atoms with E-state index in [4.69, 9.17) is 5.84 Å². The first kappa shape index (κ1) is 14.1. The number of hydrogen-bond donors (Lipinski definition) is 2. The lowest BCUT2D eigenvalue weighted by Gasteiger charge is -2.22. The third-order valence-electron chi connectivity index (χ3n) is 3.40. The van der Waals surface area contributed by atoms with E-state index in [0.29, 0.717) is 0 Å². The minimum atomic E-state index is 0.227. The zero-order valence-electron chi connectivity index (χ0n) is 11.0. The molecule has 0 aliphatic heterocycles. The minimum Gasteiger partial charge on any atom is -0.271 e. The lowest BCUT2D eigenvalue weighted by atomic mass is 9.90. The number of hydrazine groups is 1. The molecule has 0 saturated heterocycles. The number of hydrogen-bond acceptors (Lipinski definition) is 3. The van der Waals surface area contributed by atoms with Crippen molar-refractivity contribution in [3.63, 3.8) is 0 Å². The van der Waals surface area contributed by atoms with Crippen molar-refractivity contribution in [2.45, 2.75) is 52.0 Å². The van der Waals surface area contributed by atoms with Crippen LogP contribution in [-0.4, -0.2) is 4.98 Å². The van der Waals surface area contributed by atoms with Crippen molar-refractivity contribution in [2.24, 2.45) is 11.8 Å². The van der Waals surface area contributed by atoms with Crippen molar-refractivity contribution in [1.29, 1.82) is 0 Å². The Hall–Kier alpha value is -0.930. The maximum atomic E-state index is 5.66. The van der Waals surface area contributed by atoms with Crippen LogP contribution in [0.3, 0.4) is 0 Å². The van der Waals surface area contributed by atoms with Crippen LogP contribution in [0.4, 0.5) is 0 Å². The molecular formula is C14H25N3. The number of rotatable bonds is 8. The van der Waals surface area contributed by atoms with E-state index in [1.54, 1.807) is 6.20 Å². The Kier molecular flexibility index (Phi) is 6.82. The zero-order valence-corrected chi connectivity index (χ0v) is 11.0. The lowest BCUT2D eigenvalue weighted by molar-refractivity contribution is 0.356. The number of nitrogens with one attached hydrogen (secondary N) is 1. The fourth-order valence-corrected chi connectivity index (χ4v) is 2.20. The van der Waals surface area contributed by atoms with Gasteiger partial charge >= 0.3 is 0 Å². The van der Waals surface area contributed by atoms with Crippen LogP contribution in [0, 0.1) is 5.92 Å². The largest absolute Gasteiger partial charge is 0.271 e. The van der Waals surface area contributed by atoms with Crippen LogP contribution in [0.15, 0.2) is 24.5 Å². The van der Waals surface area contributed by atoms with Crippen LogP contribution < -0.4 is 11.3 Å². The summed E-state index contributed by atoms with van der Waals surface area (Å²) in [5, 5.41) is 0. The van der Waals surface area contributed by atoms with Crippen LogP contribution in [0.2, 0.25) is 0 Å². The molecule has 0 spiro atoms. The van der Waals surface area contributed by atoms with Gasteiger partial charge in [0.25, 0.3) is 0 Å². The molecule has 0 saturated carbocycles. The molecule has 2 atom stereocenters. The molecule has 0 aromatic carbocycles. The summed E-state index contributed by atoms with van der Waals surface area (Å²) < 4.78 is 0. The second-order valence-corrected chi connectivity index (χ2v) is 4.66. The fraction of sp³-hybridized carbons (Fsp3) is 0.643. The van der Waals surface area contributed by atoms with Gasteiger partial charge in [0.2, 0.25) is 0 Å². The van der Waals surface area contributed by atoms with Gasteiger partial charge in [-0.1, -0.05) is 45.6 Å². The molecule has 1 rings (SSSR count). The molecule has 0 aliphatic carbocycles. The molecule has 0 bridgehead atoms. The summed E-state index contributed by atoms with van der Waals surface area (Å²) in [6.45, 7) is 4.50. The van der Waals surface area contributed by atoms with Crippen LogP contribution in [0.5, 0.6) is 0 Å². The molecule has 3 N–H and O–H groups in total. The highest BCUT2D eigenvalue weighted by atomic mass is 15.2. The second-order valence-electron chi connectivity index (χ2n) is 4.66. The van der Waals surface area contributed by atoms with Gasteiger partial charge in [-0.3, -0.25) is 16.3 Å². The topological polar surface area (TPSA) is 50.9 Å². The Bertz CT molecular complexity index is 287. The van der Waals surface area contributed by atoms with Gasteiger partial charge in [-0.25, -0.2) is 0 Å². The monoisotopic (exact) mass is 235 g/mol. The molecule has 2 unspecified atom stereocenters. The van der Waals surface area contributed by atoms with E-state index in [0.717, 1.165) is 12.3 Å². The maximum Gasteiger partial charge on any atom is 0.0477 e. The molecule has 1 heterocycles. The van der Waals surface area contributed by atoms with Crippen molar-refractivity contribution in [3.8, 4) is 0 Å². The number of unbranched alkanes of at least 4 members (excludes halogenated alkanes) is 1. The average molecular weight is 235 g/mol. The predicted octanol–water partition coefficient (Wildman–Crippen LogP) is 3.19. The highest BCUT2D eigenvalue weighted by Gasteiger charge is 2.15. The maximum absolute atomic E-state index is 5.66.